The van der Waals surface area contributed by atoms with Crippen LogP contribution in [-0.2, 0) is 4.74 Å². The average Bonchev–Trinajstić information content (AvgIpc) is 2.77. The molecule has 0 saturated carbocycles. The van der Waals surface area contributed by atoms with Crippen molar-refractivity contribution in [3.63, 3.8) is 0 Å². The number of nitrogens with zero attached hydrogens (tertiary/aromatic N) is 5. The van der Waals surface area contributed by atoms with E-state index in [1.54, 1.807) is 0 Å². The number of hydrogen-bond donors (Lipinski definition) is 2. The molecule has 1 aliphatic heterocycles. The molecule has 1 aromatic rings. The van der Waals surface area contributed by atoms with Crippen LogP contribution in [0.15, 0.2) is 16.1 Å². The van der Waals surface area contributed by atoms with Gasteiger partial charge in [0.2, 0.25) is 0 Å². The predicted octanol–water partition coefficient (Wildman–Crippen LogP) is -0.0767. The number of hydrogen-bond acceptors (Lipinski definition) is 6. The lowest BCUT2D eigenvalue weighted by Crippen LogP contribution is -2.32. The predicted molar refractivity (Wildman–Crippen MR) is 61.4 cm³/mol. The highest BCUT2D eigenvalue weighted by Gasteiger charge is 2.36. The fraction of sp³-hybridized carbons (Fsp3) is 0.556. The van der Waals surface area contributed by atoms with Gasteiger partial charge >= 0.3 is 5.69 Å². The lowest BCUT2D eigenvalue weighted by molar-refractivity contribution is -0.0282. The molecule has 0 aromatic carbocycles. The number of anilines is 1. The summed E-state index contributed by atoms with van der Waals surface area (Å²) in [7, 11) is 0. The monoisotopic (exact) mass is 270 g/mol. The molecule has 0 unspecified atom stereocenters. The molecule has 0 amide bonds. The van der Waals surface area contributed by atoms with Crippen LogP contribution in [0, 0.1) is 5.82 Å². The number of halogens is 1. The first-order valence-electron chi connectivity index (χ1n) is 5.41. The van der Waals surface area contributed by atoms with E-state index in [0.717, 1.165) is 10.8 Å². The molecular formula is C9H11FN6O3. The van der Waals surface area contributed by atoms with Gasteiger partial charge < -0.3 is 15.6 Å². The highest BCUT2D eigenvalue weighted by Crippen LogP contribution is 2.30. The Morgan fingerprint density at radius 3 is 3.16 bits per heavy atom. The van der Waals surface area contributed by atoms with E-state index in [0.29, 0.717) is 0 Å². The van der Waals surface area contributed by atoms with Gasteiger partial charge in [0, 0.05) is 4.91 Å². The molecule has 9 nitrogen and oxygen atoms in total. The standard InChI is InChI=1S/C9H11FN6O3/c10-5-2-16(9(18)13-7(5)11)8-6(14-15-12)1-4(3-17)19-8/h2,4,6,8,17H,1,3H2,(H2,11,13,18)/t4-,6-,8+/m1/s1. The molecule has 1 aromatic heterocycles. The minimum atomic E-state index is -1.01. The summed E-state index contributed by atoms with van der Waals surface area (Å²) in [5, 5.41) is 12.5. The zero-order valence-electron chi connectivity index (χ0n) is 9.68. The van der Waals surface area contributed by atoms with Crippen molar-refractivity contribution < 1.29 is 14.2 Å². The molecule has 0 bridgehead atoms. The second kappa shape index (κ2) is 5.22. The molecule has 3 atom stereocenters. The Balaban J connectivity index is 2.41. The van der Waals surface area contributed by atoms with Gasteiger partial charge in [-0.1, -0.05) is 5.11 Å². The van der Waals surface area contributed by atoms with E-state index in [1.165, 1.54) is 0 Å². The molecule has 2 rings (SSSR count). The number of ether oxygens (including phenoxy) is 1. The number of aromatic nitrogens is 2. The largest absolute Gasteiger partial charge is 0.394 e. The van der Waals surface area contributed by atoms with Gasteiger partial charge in [0.25, 0.3) is 0 Å². The number of aliphatic hydroxyl groups is 1. The Labute approximate surface area is 106 Å². The van der Waals surface area contributed by atoms with Crippen molar-refractivity contribution in [1.29, 1.82) is 0 Å². The van der Waals surface area contributed by atoms with Crippen LogP contribution in [0.5, 0.6) is 0 Å². The Morgan fingerprint density at radius 2 is 2.53 bits per heavy atom. The summed E-state index contributed by atoms with van der Waals surface area (Å²) in [5.41, 5.74) is 12.8. The van der Waals surface area contributed by atoms with E-state index in [2.05, 4.69) is 15.0 Å². The molecule has 0 radical (unpaired) electrons. The Bertz CT molecular complexity index is 584. The summed E-state index contributed by atoms with van der Waals surface area (Å²) < 4.78 is 19.5. The van der Waals surface area contributed by atoms with Crippen LogP contribution in [0.25, 0.3) is 10.4 Å². The van der Waals surface area contributed by atoms with Crippen LogP contribution in [-0.4, -0.2) is 33.4 Å². The van der Waals surface area contributed by atoms with E-state index >= 15 is 0 Å². The molecule has 1 saturated heterocycles. The maximum absolute atomic E-state index is 13.3. The number of rotatable bonds is 3. The lowest BCUT2D eigenvalue weighted by Gasteiger charge is -2.17. The van der Waals surface area contributed by atoms with Crippen molar-refractivity contribution in [2.45, 2.75) is 24.8 Å². The Hall–Kier alpha value is -2.16. The van der Waals surface area contributed by atoms with Gasteiger partial charge in [-0.2, -0.15) is 4.98 Å². The van der Waals surface area contributed by atoms with E-state index in [4.69, 9.17) is 21.1 Å². The first-order valence-corrected chi connectivity index (χ1v) is 5.41. The lowest BCUT2D eigenvalue weighted by atomic mass is 10.2. The topological polar surface area (TPSA) is 139 Å². The summed E-state index contributed by atoms with van der Waals surface area (Å²) >= 11 is 0. The number of aliphatic hydroxyl groups excluding tert-OH is 1. The van der Waals surface area contributed by atoms with Gasteiger partial charge in [0.1, 0.15) is 6.23 Å². The minimum Gasteiger partial charge on any atom is -0.394 e. The molecule has 2 heterocycles. The van der Waals surface area contributed by atoms with Crippen molar-refractivity contribution >= 4 is 5.82 Å². The van der Waals surface area contributed by atoms with Crippen LogP contribution in [0.1, 0.15) is 12.6 Å². The minimum absolute atomic E-state index is 0.226. The van der Waals surface area contributed by atoms with Gasteiger partial charge in [0.15, 0.2) is 11.6 Å². The van der Waals surface area contributed by atoms with Crippen LogP contribution >= 0.6 is 0 Å². The summed E-state index contributed by atoms with van der Waals surface area (Å²) in [6, 6.07) is -0.732. The number of nitrogen functional groups attached to an aromatic ring is 1. The molecule has 0 spiro atoms. The van der Waals surface area contributed by atoms with Crippen molar-refractivity contribution in [1.82, 2.24) is 9.55 Å². The quantitative estimate of drug-likeness (QED) is 0.449. The third kappa shape index (κ3) is 2.50. The fourth-order valence-electron chi connectivity index (χ4n) is 1.91. The van der Waals surface area contributed by atoms with Crippen LogP contribution < -0.4 is 11.4 Å². The van der Waals surface area contributed by atoms with Crippen LogP contribution in [0.3, 0.4) is 0 Å². The molecule has 3 N–H and O–H groups in total. The fourth-order valence-corrected chi connectivity index (χ4v) is 1.91. The van der Waals surface area contributed by atoms with E-state index in [9.17, 15) is 9.18 Å². The van der Waals surface area contributed by atoms with E-state index < -0.39 is 35.7 Å². The van der Waals surface area contributed by atoms with Crippen molar-refractivity contribution in [3.8, 4) is 0 Å². The molecular weight excluding hydrogens is 259 g/mol. The third-order valence-corrected chi connectivity index (χ3v) is 2.78. The van der Waals surface area contributed by atoms with Gasteiger partial charge in [-0.3, -0.25) is 4.57 Å². The van der Waals surface area contributed by atoms with Gasteiger partial charge in [0.05, 0.1) is 24.9 Å². The van der Waals surface area contributed by atoms with Gasteiger partial charge in [-0.15, -0.1) is 0 Å². The van der Waals surface area contributed by atoms with Crippen molar-refractivity contribution in [3.05, 3.63) is 32.9 Å². The van der Waals surface area contributed by atoms with Gasteiger partial charge in [-0.25, -0.2) is 9.18 Å². The maximum atomic E-state index is 13.3. The number of azide groups is 1. The molecule has 0 aliphatic carbocycles. The molecule has 1 fully saturated rings. The smallest absolute Gasteiger partial charge is 0.351 e. The maximum Gasteiger partial charge on any atom is 0.351 e. The van der Waals surface area contributed by atoms with Crippen molar-refractivity contribution in [2.75, 3.05) is 12.3 Å². The third-order valence-electron chi connectivity index (χ3n) is 2.78. The van der Waals surface area contributed by atoms with E-state index in [1.807, 2.05) is 0 Å². The van der Waals surface area contributed by atoms with Crippen LogP contribution in [0.4, 0.5) is 10.2 Å². The van der Waals surface area contributed by atoms with E-state index in [-0.39, 0.29) is 13.0 Å². The Morgan fingerprint density at radius 1 is 1.79 bits per heavy atom. The molecule has 1 aliphatic rings. The number of nitrogens with two attached hydrogens (primary N) is 1. The average molecular weight is 270 g/mol. The highest BCUT2D eigenvalue weighted by atomic mass is 19.1. The van der Waals surface area contributed by atoms with Crippen molar-refractivity contribution in [2.24, 2.45) is 5.11 Å². The first-order chi connectivity index (χ1) is 9.06. The zero-order valence-corrected chi connectivity index (χ0v) is 9.68. The summed E-state index contributed by atoms with van der Waals surface area (Å²) in [6.07, 6.45) is -0.533. The SMILES string of the molecule is [N-]=[N+]=N[C@@H]1C[C@H](CO)O[C@@H]1n1cc(F)c(N)nc1=O. The first kappa shape index (κ1) is 13.3. The summed E-state index contributed by atoms with van der Waals surface area (Å²) in [5.74, 6) is -1.39. The second-order valence-electron chi connectivity index (χ2n) is 4.00. The zero-order chi connectivity index (χ0) is 14.0. The summed E-state index contributed by atoms with van der Waals surface area (Å²) in [6.45, 7) is -0.298. The second-order valence-corrected chi connectivity index (χ2v) is 4.00. The molecule has 10 heteroatoms. The molecule has 102 valence electrons. The summed E-state index contributed by atoms with van der Waals surface area (Å²) in [4.78, 5) is 17.6. The van der Waals surface area contributed by atoms with Gasteiger partial charge in [-0.05, 0) is 12.0 Å². The molecule has 19 heavy (non-hydrogen) atoms. The normalized spacial score (nSPS) is 26.1. The highest BCUT2D eigenvalue weighted by molar-refractivity contribution is 5.26. The Kier molecular flexibility index (Phi) is 3.65. The van der Waals surface area contributed by atoms with Crippen LogP contribution in [0.2, 0.25) is 0 Å².